The van der Waals surface area contributed by atoms with Gasteiger partial charge >= 0.3 is 6.03 Å². The summed E-state index contributed by atoms with van der Waals surface area (Å²) in [5.74, 6) is 0.949. The van der Waals surface area contributed by atoms with Gasteiger partial charge in [-0.3, -0.25) is 4.98 Å². The lowest BCUT2D eigenvalue weighted by Crippen LogP contribution is -2.39. The molecule has 8 heteroatoms. The second-order valence-electron chi connectivity index (χ2n) is 4.88. The molecule has 0 saturated heterocycles. The van der Waals surface area contributed by atoms with Gasteiger partial charge in [-0.15, -0.1) is 0 Å². The maximum Gasteiger partial charge on any atom is 0.318 e. The molecule has 2 amide bonds. The molecule has 0 unspecified atom stereocenters. The molecule has 0 aliphatic heterocycles. The van der Waals surface area contributed by atoms with Crippen LogP contribution in [0.5, 0.6) is 0 Å². The fourth-order valence-corrected chi connectivity index (χ4v) is 1.96. The normalized spacial score (nSPS) is 10.5. The minimum absolute atomic E-state index is 0.174. The quantitative estimate of drug-likeness (QED) is 0.790. The number of nitrogens with zero attached hydrogens (tertiary/aromatic N) is 4. The van der Waals surface area contributed by atoms with Crippen molar-refractivity contribution in [3.8, 4) is 0 Å². The number of methoxy groups -OCH3 is 1. The Morgan fingerprint density at radius 2 is 2.17 bits per heavy atom. The number of carbonyl (C=O) groups excluding carboxylic acids is 1. The van der Waals surface area contributed by atoms with Crippen LogP contribution in [0.3, 0.4) is 0 Å². The maximum absolute atomic E-state index is 12.2. The standard InChI is InChI=1S/C15H21N5O3/c1-3-20(11-12-4-7-16-8-5-12)15(21)17-10-13-18-14(23-19-13)6-9-22-2/h4-5,7-8H,3,6,9-11H2,1-2H3,(H,17,21). The van der Waals surface area contributed by atoms with E-state index in [9.17, 15) is 4.79 Å². The number of amides is 2. The van der Waals surface area contributed by atoms with Crippen LogP contribution in [0, 0.1) is 0 Å². The average molecular weight is 319 g/mol. The Morgan fingerprint density at radius 3 is 2.87 bits per heavy atom. The molecule has 0 fully saturated rings. The largest absolute Gasteiger partial charge is 0.384 e. The van der Waals surface area contributed by atoms with E-state index in [1.54, 1.807) is 24.4 Å². The van der Waals surface area contributed by atoms with E-state index in [-0.39, 0.29) is 12.6 Å². The summed E-state index contributed by atoms with van der Waals surface area (Å²) in [7, 11) is 1.61. The number of nitrogens with one attached hydrogen (secondary N) is 1. The Kier molecular flexibility index (Phi) is 6.49. The Labute approximate surface area is 134 Å². The van der Waals surface area contributed by atoms with Crippen LogP contribution in [0.1, 0.15) is 24.2 Å². The molecule has 23 heavy (non-hydrogen) atoms. The number of urea groups is 1. The van der Waals surface area contributed by atoms with Crippen LogP contribution >= 0.6 is 0 Å². The van der Waals surface area contributed by atoms with Gasteiger partial charge in [-0.25, -0.2) is 4.79 Å². The van der Waals surface area contributed by atoms with Gasteiger partial charge in [0.05, 0.1) is 19.6 Å². The minimum atomic E-state index is -0.174. The number of hydrogen-bond acceptors (Lipinski definition) is 6. The van der Waals surface area contributed by atoms with Gasteiger partial charge in [0.25, 0.3) is 0 Å². The summed E-state index contributed by atoms with van der Waals surface area (Å²) in [5.41, 5.74) is 1.03. The molecule has 2 heterocycles. The van der Waals surface area contributed by atoms with Gasteiger partial charge < -0.3 is 19.5 Å². The fraction of sp³-hybridized carbons (Fsp3) is 0.467. The third kappa shape index (κ3) is 5.33. The first kappa shape index (κ1) is 16.9. The molecule has 0 radical (unpaired) electrons. The zero-order chi connectivity index (χ0) is 16.5. The molecule has 0 spiro atoms. The molecule has 0 saturated carbocycles. The van der Waals surface area contributed by atoms with E-state index in [4.69, 9.17) is 9.26 Å². The van der Waals surface area contributed by atoms with E-state index in [1.807, 2.05) is 19.1 Å². The number of rotatable bonds is 8. The lowest BCUT2D eigenvalue weighted by molar-refractivity contribution is 0.192. The number of ether oxygens (including phenoxy) is 1. The molecular weight excluding hydrogens is 298 g/mol. The van der Waals surface area contributed by atoms with E-state index in [1.165, 1.54) is 0 Å². The van der Waals surface area contributed by atoms with E-state index < -0.39 is 0 Å². The molecule has 0 aromatic carbocycles. The summed E-state index contributed by atoms with van der Waals surface area (Å²) in [5, 5.41) is 6.62. The summed E-state index contributed by atoms with van der Waals surface area (Å²) in [6.45, 7) is 3.79. The average Bonchev–Trinajstić information content (AvgIpc) is 3.04. The highest BCUT2D eigenvalue weighted by Crippen LogP contribution is 2.04. The second-order valence-corrected chi connectivity index (χ2v) is 4.88. The molecule has 0 bridgehead atoms. The lowest BCUT2D eigenvalue weighted by Gasteiger charge is -2.21. The smallest absolute Gasteiger partial charge is 0.318 e. The summed E-state index contributed by atoms with van der Waals surface area (Å²) in [6, 6.07) is 3.60. The number of hydrogen-bond donors (Lipinski definition) is 1. The zero-order valence-electron chi connectivity index (χ0n) is 13.4. The number of aromatic nitrogens is 3. The molecule has 0 aliphatic rings. The van der Waals surface area contributed by atoms with Gasteiger partial charge in [-0.2, -0.15) is 4.98 Å². The Balaban J connectivity index is 1.83. The second kappa shape index (κ2) is 8.84. The van der Waals surface area contributed by atoms with Crippen molar-refractivity contribution >= 4 is 6.03 Å². The van der Waals surface area contributed by atoms with Crippen molar-refractivity contribution in [1.29, 1.82) is 0 Å². The third-order valence-electron chi connectivity index (χ3n) is 3.22. The van der Waals surface area contributed by atoms with Crippen LogP contribution < -0.4 is 5.32 Å². The highest BCUT2D eigenvalue weighted by Gasteiger charge is 2.13. The van der Waals surface area contributed by atoms with Crippen LogP contribution in [0.2, 0.25) is 0 Å². The summed E-state index contributed by atoms with van der Waals surface area (Å²) in [6.07, 6.45) is 3.98. The number of pyridine rings is 1. The molecule has 124 valence electrons. The van der Waals surface area contributed by atoms with Crippen molar-refractivity contribution in [1.82, 2.24) is 25.3 Å². The summed E-state index contributed by atoms with van der Waals surface area (Å²) < 4.78 is 10.0. The SMILES string of the molecule is CCN(Cc1ccncc1)C(=O)NCc1noc(CCOC)n1. The Hall–Kier alpha value is -2.48. The molecule has 0 atom stereocenters. The monoisotopic (exact) mass is 319 g/mol. The van der Waals surface area contributed by atoms with Crippen LogP contribution in [-0.4, -0.2) is 46.3 Å². The lowest BCUT2D eigenvalue weighted by atomic mass is 10.2. The van der Waals surface area contributed by atoms with Crippen molar-refractivity contribution in [3.05, 3.63) is 41.8 Å². The highest BCUT2D eigenvalue weighted by molar-refractivity contribution is 5.74. The molecule has 0 aliphatic carbocycles. The van der Waals surface area contributed by atoms with Crippen LogP contribution in [0.25, 0.3) is 0 Å². The van der Waals surface area contributed by atoms with Gasteiger partial charge in [-0.05, 0) is 24.6 Å². The van der Waals surface area contributed by atoms with E-state index in [2.05, 4.69) is 20.4 Å². The summed E-state index contributed by atoms with van der Waals surface area (Å²) >= 11 is 0. The molecule has 2 aromatic rings. The van der Waals surface area contributed by atoms with Gasteiger partial charge in [0, 0.05) is 32.6 Å². The van der Waals surface area contributed by atoms with Gasteiger partial charge in [-0.1, -0.05) is 5.16 Å². The van der Waals surface area contributed by atoms with Crippen molar-refractivity contribution in [2.24, 2.45) is 0 Å². The van der Waals surface area contributed by atoms with Gasteiger partial charge in [0.15, 0.2) is 5.82 Å². The van der Waals surface area contributed by atoms with Crippen molar-refractivity contribution in [3.63, 3.8) is 0 Å². The van der Waals surface area contributed by atoms with E-state index in [0.717, 1.165) is 5.56 Å². The van der Waals surface area contributed by atoms with Gasteiger partial charge in [0.2, 0.25) is 5.89 Å². The first-order chi connectivity index (χ1) is 11.2. The topological polar surface area (TPSA) is 93.4 Å². The molecule has 2 aromatic heterocycles. The van der Waals surface area contributed by atoms with Crippen LogP contribution in [-0.2, 0) is 24.2 Å². The molecular formula is C15H21N5O3. The summed E-state index contributed by atoms with van der Waals surface area (Å²) in [4.78, 5) is 22.1. The van der Waals surface area contributed by atoms with E-state index in [0.29, 0.717) is 37.8 Å². The number of carbonyl (C=O) groups is 1. The predicted molar refractivity (Wildman–Crippen MR) is 82.4 cm³/mol. The van der Waals surface area contributed by atoms with Crippen molar-refractivity contribution < 1.29 is 14.1 Å². The maximum atomic E-state index is 12.2. The van der Waals surface area contributed by atoms with Crippen molar-refractivity contribution in [2.45, 2.75) is 26.4 Å². The Morgan fingerprint density at radius 1 is 1.39 bits per heavy atom. The molecule has 8 nitrogen and oxygen atoms in total. The first-order valence-corrected chi connectivity index (χ1v) is 7.45. The third-order valence-corrected chi connectivity index (χ3v) is 3.22. The van der Waals surface area contributed by atoms with Crippen LogP contribution in [0.4, 0.5) is 4.79 Å². The molecule has 2 rings (SSSR count). The zero-order valence-corrected chi connectivity index (χ0v) is 13.4. The predicted octanol–water partition coefficient (Wildman–Crippen LogP) is 1.39. The van der Waals surface area contributed by atoms with E-state index >= 15 is 0 Å². The Bertz CT molecular complexity index is 602. The first-order valence-electron chi connectivity index (χ1n) is 7.45. The fourth-order valence-electron chi connectivity index (χ4n) is 1.96. The van der Waals surface area contributed by atoms with Gasteiger partial charge in [0.1, 0.15) is 0 Å². The van der Waals surface area contributed by atoms with Crippen LogP contribution in [0.15, 0.2) is 29.0 Å². The molecule has 1 N–H and O–H groups in total. The van der Waals surface area contributed by atoms with Crippen molar-refractivity contribution in [2.75, 3.05) is 20.3 Å². The highest BCUT2D eigenvalue weighted by atomic mass is 16.5. The minimum Gasteiger partial charge on any atom is -0.384 e.